The molecule has 0 fully saturated rings. The molecule has 0 saturated heterocycles. The summed E-state index contributed by atoms with van der Waals surface area (Å²) >= 11 is 0. The van der Waals surface area contributed by atoms with Gasteiger partial charge in [-0.25, -0.2) is 15.0 Å². The zero-order valence-electron chi connectivity index (χ0n) is 28.6. The average molecular weight is 678 g/mol. The van der Waals surface area contributed by atoms with E-state index in [1.54, 1.807) is 0 Å². The van der Waals surface area contributed by atoms with Crippen molar-refractivity contribution in [2.24, 2.45) is 0 Å². The molecule has 0 bridgehead atoms. The first-order valence-corrected chi connectivity index (χ1v) is 17.8. The maximum atomic E-state index is 6.18. The van der Waals surface area contributed by atoms with E-state index in [9.17, 15) is 0 Å². The van der Waals surface area contributed by atoms with Crippen molar-refractivity contribution in [2.75, 3.05) is 0 Å². The van der Waals surface area contributed by atoms with Crippen LogP contribution in [0.25, 0.3) is 100 Å². The van der Waals surface area contributed by atoms with E-state index in [0.717, 1.165) is 66.4 Å². The van der Waals surface area contributed by atoms with E-state index in [0.29, 0.717) is 17.5 Å². The highest BCUT2D eigenvalue weighted by Gasteiger charge is 2.15. The van der Waals surface area contributed by atoms with Crippen LogP contribution in [0.15, 0.2) is 192 Å². The second-order valence-electron chi connectivity index (χ2n) is 13.3. The normalized spacial score (nSPS) is 11.4. The van der Waals surface area contributed by atoms with Gasteiger partial charge in [0.15, 0.2) is 17.5 Å². The first-order chi connectivity index (χ1) is 26.2. The van der Waals surface area contributed by atoms with Gasteiger partial charge < -0.3 is 4.42 Å². The molecule has 0 atom stereocenters. The number of benzene rings is 8. The minimum Gasteiger partial charge on any atom is -0.456 e. The first kappa shape index (κ1) is 30.6. The molecule has 53 heavy (non-hydrogen) atoms. The molecule has 4 heteroatoms. The van der Waals surface area contributed by atoms with Gasteiger partial charge in [-0.1, -0.05) is 158 Å². The molecule has 10 aromatic rings. The van der Waals surface area contributed by atoms with Crippen molar-refractivity contribution < 1.29 is 4.42 Å². The number of rotatable bonds is 6. The summed E-state index contributed by atoms with van der Waals surface area (Å²) in [5.41, 5.74) is 11.3. The van der Waals surface area contributed by atoms with Crippen LogP contribution in [-0.2, 0) is 0 Å². The molecular formula is C49H31N3O. The smallest absolute Gasteiger partial charge is 0.164 e. The van der Waals surface area contributed by atoms with Gasteiger partial charge in [-0.3, -0.25) is 0 Å². The SMILES string of the molecule is c1ccc(-c2cccc(-c3nc(-c4ccc(-c5ccc6ccccc6c5)cc4)nc(-c4ccc(-c5ccc6c(c5)oc5ccccc56)cc4)n3)c2)cc1. The summed E-state index contributed by atoms with van der Waals surface area (Å²) in [4.78, 5) is 15.2. The predicted molar refractivity (Wildman–Crippen MR) is 217 cm³/mol. The Morgan fingerprint density at radius 1 is 0.264 bits per heavy atom. The summed E-state index contributed by atoms with van der Waals surface area (Å²) < 4.78 is 6.18. The fraction of sp³-hybridized carbons (Fsp3) is 0. The zero-order chi connectivity index (χ0) is 35.1. The number of para-hydroxylation sites is 1. The van der Waals surface area contributed by atoms with E-state index >= 15 is 0 Å². The molecule has 0 unspecified atom stereocenters. The molecule has 0 spiro atoms. The molecule has 0 radical (unpaired) electrons. The van der Waals surface area contributed by atoms with Crippen molar-refractivity contribution in [3.05, 3.63) is 188 Å². The van der Waals surface area contributed by atoms with Gasteiger partial charge in [0.05, 0.1) is 0 Å². The molecule has 0 aliphatic carbocycles. The van der Waals surface area contributed by atoms with Gasteiger partial charge in [-0.2, -0.15) is 0 Å². The summed E-state index contributed by atoms with van der Waals surface area (Å²) in [5.74, 6) is 1.87. The number of aromatic nitrogens is 3. The van der Waals surface area contributed by atoms with Crippen LogP contribution in [0.2, 0.25) is 0 Å². The highest BCUT2D eigenvalue weighted by Crippen LogP contribution is 2.34. The van der Waals surface area contributed by atoms with Gasteiger partial charge in [-0.15, -0.1) is 0 Å². The van der Waals surface area contributed by atoms with Crippen LogP contribution in [0, 0.1) is 0 Å². The van der Waals surface area contributed by atoms with Crippen LogP contribution < -0.4 is 0 Å². The Hall–Kier alpha value is -7.17. The third kappa shape index (κ3) is 5.82. The molecule has 0 aliphatic rings. The number of fused-ring (bicyclic) bond motifs is 4. The van der Waals surface area contributed by atoms with Crippen LogP contribution >= 0.6 is 0 Å². The molecule has 8 aromatic carbocycles. The van der Waals surface area contributed by atoms with Gasteiger partial charge >= 0.3 is 0 Å². The Kier molecular flexibility index (Phi) is 7.43. The van der Waals surface area contributed by atoms with Crippen molar-refractivity contribution in [2.45, 2.75) is 0 Å². The van der Waals surface area contributed by atoms with Gasteiger partial charge in [0, 0.05) is 27.5 Å². The van der Waals surface area contributed by atoms with Gasteiger partial charge in [0.1, 0.15) is 11.2 Å². The first-order valence-electron chi connectivity index (χ1n) is 17.8. The summed E-state index contributed by atoms with van der Waals surface area (Å²) in [6.07, 6.45) is 0. The minimum absolute atomic E-state index is 0.619. The second kappa shape index (κ2) is 12.9. The molecular weight excluding hydrogens is 647 g/mol. The Bertz CT molecular complexity index is 2930. The maximum absolute atomic E-state index is 6.18. The van der Waals surface area contributed by atoms with Gasteiger partial charge in [-0.05, 0) is 74.5 Å². The summed E-state index contributed by atoms with van der Waals surface area (Å²) in [6, 6.07) is 65.3. The summed E-state index contributed by atoms with van der Waals surface area (Å²) in [6.45, 7) is 0. The summed E-state index contributed by atoms with van der Waals surface area (Å²) in [7, 11) is 0. The zero-order valence-corrected chi connectivity index (χ0v) is 28.6. The van der Waals surface area contributed by atoms with Crippen molar-refractivity contribution in [3.63, 3.8) is 0 Å². The minimum atomic E-state index is 0.619. The van der Waals surface area contributed by atoms with Crippen LogP contribution in [0.1, 0.15) is 0 Å². The molecule has 10 rings (SSSR count). The quantitative estimate of drug-likeness (QED) is 0.176. The highest BCUT2D eigenvalue weighted by atomic mass is 16.3. The fourth-order valence-electron chi connectivity index (χ4n) is 7.13. The number of nitrogens with zero attached hydrogens (tertiary/aromatic N) is 3. The second-order valence-corrected chi connectivity index (χ2v) is 13.3. The molecule has 4 nitrogen and oxygen atoms in total. The lowest BCUT2D eigenvalue weighted by Gasteiger charge is -2.11. The molecule has 248 valence electrons. The van der Waals surface area contributed by atoms with Gasteiger partial charge in [0.2, 0.25) is 0 Å². The molecule has 0 saturated carbocycles. The van der Waals surface area contributed by atoms with E-state index in [1.807, 2.05) is 24.3 Å². The van der Waals surface area contributed by atoms with E-state index in [1.165, 1.54) is 16.3 Å². The van der Waals surface area contributed by atoms with Crippen molar-refractivity contribution >= 4 is 32.7 Å². The molecule has 2 aromatic heterocycles. The third-order valence-corrected chi connectivity index (χ3v) is 9.94. The van der Waals surface area contributed by atoms with E-state index < -0.39 is 0 Å². The molecule has 0 N–H and O–H groups in total. The maximum Gasteiger partial charge on any atom is 0.164 e. The number of furan rings is 1. The summed E-state index contributed by atoms with van der Waals surface area (Å²) in [5, 5.41) is 4.70. The van der Waals surface area contributed by atoms with E-state index in [-0.39, 0.29) is 0 Å². The van der Waals surface area contributed by atoms with Crippen molar-refractivity contribution in [1.82, 2.24) is 15.0 Å². The van der Waals surface area contributed by atoms with Gasteiger partial charge in [0.25, 0.3) is 0 Å². The number of hydrogen-bond donors (Lipinski definition) is 0. The van der Waals surface area contributed by atoms with Crippen LogP contribution in [0.4, 0.5) is 0 Å². The fourth-order valence-corrected chi connectivity index (χ4v) is 7.13. The molecule has 0 amide bonds. The lowest BCUT2D eigenvalue weighted by Crippen LogP contribution is -2.00. The monoisotopic (exact) mass is 677 g/mol. The standard InChI is InChI=1S/C49H31N3O/c1-2-9-32(10-3-1)39-13-8-14-42(30-39)49-51-47(36-22-17-34(18-23-36)40-26-21-33-11-4-5-12-38(33)29-40)50-48(52-49)37-24-19-35(20-25-37)41-27-28-44-43-15-6-7-16-45(43)53-46(44)31-41/h1-31H. The van der Waals surface area contributed by atoms with Crippen LogP contribution in [-0.4, -0.2) is 15.0 Å². The third-order valence-electron chi connectivity index (χ3n) is 9.94. The lowest BCUT2D eigenvalue weighted by atomic mass is 10.00. The van der Waals surface area contributed by atoms with Crippen LogP contribution in [0.3, 0.4) is 0 Å². The van der Waals surface area contributed by atoms with E-state index in [4.69, 9.17) is 19.4 Å². The number of hydrogen-bond acceptors (Lipinski definition) is 4. The molecule has 0 aliphatic heterocycles. The van der Waals surface area contributed by atoms with E-state index in [2.05, 4.69) is 164 Å². The average Bonchev–Trinajstić information content (AvgIpc) is 3.62. The molecule has 2 heterocycles. The van der Waals surface area contributed by atoms with Crippen LogP contribution in [0.5, 0.6) is 0 Å². The Labute approximate surface area is 306 Å². The lowest BCUT2D eigenvalue weighted by molar-refractivity contribution is 0.669. The Balaban J connectivity index is 1.04. The Morgan fingerprint density at radius 3 is 1.47 bits per heavy atom. The highest BCUT2D eigenvalue weighted by molar-refractivity contribution is 6.05. The Morgan fingerprint density at radius 2 is 0.736 bits per heavy atom. The topological polar surface area (TPSA) is 51.8 Å². The van der Waals surface area contributed by atoms with Crippen molar-refractivity contribution in [3.8, 4) is 67.5 Å². The largest absolute Gasteiger partial charge is 0.456 e. The van der Waals surface area contributed by atoms with Crippen molar-refractivity contribution in [1.29, 1.82) is 0 Å². The predicted octanol–water partition coefficient (Wildman–Crippen LogP) is 12.9.